The fourth-order valence-corrected chi connectivity index (χ4v) is 4.25. The first-order valence-electron chi connectivity index (χ1n) is 11.4. The van der Waals surface area contributed by atoms with E-state index in [4.69, 9.17) is 10.6 Å². The van der Waals surface area contributed by atoms with Gasteiger partial charge in [0, 0.05) is 18.0 Å². The molecule has 2 aromatic carbocycles. The topological polar surface area (TPSA) is 67.9 Å². The molecule has 166 valence electrons. The third-order valence-corrected chi connectivity index (χ3v) is 5.98. The molecule has 0 bridgehead atoms. The molecule has 5 heteroatoms. The lowest BCUT2D eigenvalue weighted by Gasteiger charge is -2.31. The second-order valence-electron chi connectivity index (χ2n) is 8.43. The van der Waals surface area contributed by atoms with E-state index in [1.54, 1.807) is 0 Å². The van der Waals surface area contributed by atoms with Crippen molar-refractivity contribution in [3.05, 3.63) is 70.8 Å². The number of carbonyl (C=O) groups excluding carboxylic acids is 1. The Morgan fingerprint density at radius 2 is 1.87 bits per heavy atom. The Bertz CT molecular complexity index is 871. The lowest BCUT2D eigenvalue weighted by Crippen LogP contribution is -2.37. The van der Waals surface area contributed by atoms with Gasteiger partial charge in [-0.2, -0.15) is 0 Å². The fraction of sp³-hybridized carbons (Fsp3) is 0.462. The number of piperidine rings is 1. The van der Waals surface area contributed by atoms with Gasteiger partial charge in [-0.15, -0.1) is 0 Å². The molecule has 1 fully saturated rings. The number of aryl methyl sites for hydroxylation is 2. The molecule has 2 aromatic rings. The Morgan fingerprint density at radius 3 is 2.55 bits per heavy atom. The highest BCUT2D eigenvalue weighted by Gasteiger charge is 2.26. The summed E-state index contributed by atoms with van der Waals surface area (Å²) in [6, 6.07) is 16.3. The Balaban J connectivity index is 1.48. The van der Waals surface area contributed by atoms with Crippen molar-refractivity contribution in [1.29, 1.82) is 0 Å². The maximum Gasteiger partial charge on any atom is 0.166 e. The summed E-state index contributed by atoms with van der Waals surface area (Å²) in [4.78, 5) is 20.8. The third kappa shape index (κ3) is 6.74. The van der Waals surface area contributed by atoms with Crippen LogP contribution in [0.25, 0.3) is 0 Å². The van der Waals surface area contributed by atoms with Crippen LogP contribution in [0.5, 0.6) is 0 Å². The number of hydrogen-bond acceptors (Lipinski definition) is 5. The standard InChI is InChI=1S/C26H35N3O2/c1-20-10-11-24(21(2)19-20)26(30)23-12-16-29(17-13-23)15-6-9-25(28-31-18-14-27)22-7-4-3-5-8-22/h3-5,7-8,10-11,19,23H,6,9,12-18,27H2,1-2H3/b28-25-. The van der Waals surface area contributed by atoms with Crippen LogP contribution in [-0.2, 0) is 4.84 Å². The van der Waals surface area contributed by atoms with Gasteiger partial charge in [-0.1, -0.05) is 59.3 Å². The number of nitrogens with zero attached hydrogens (tertiary/aromatic N) is 2. The molecule has 0 atom stereocenters. The van der Waals surface area contributed by atoms with E-state index in [9.17, 15) is 4.79 Å². The van der Waals surface area contributed by atoms with Crippen LogP contribution >= 0.6 is 0 Å². The summed E-state index contributed by atoms with van der Waals surface area (Å²) in [7, 11) is 0. The molecule has 0 aliphatic carbocycles. The quantitative estimate of drug-likeness (QED) is 0.268. The van der Waals surface area contributed by atoms with E-state index in [-0.39, 0.29) is 5.92 Å². The molecular weight excluding hydrogens is 386 g/mol. The van der Waals surface area contributed by atoms with Gasteiger partial charge in [0.05, 0.1) is 5.71 Å². The van der Waals surface area contributed by atoms with Crippen molar-refractivity contribution in [3.8, 4) is 0 Å². The number of carbonyl (C=O) groups is 1. The van der Waals surface area contributed by atoms with Crippen LogP contribution in [0.2, 0.25) is 0 Å². The molecule has 0 radical (unpaired) electrons. The summed E-state index contributed by atoms with van der Waals surface area (Å²) >= 11 is 0. The maximum absolute atomic E-state index is 13.0. The second kappa shape index (κ2) is 11.8. The summed E-state index contributed by atoms with van der Waals surface area (Å²) in [5, 5.41) is 4.32. The highest BCUT2D eigenvalue weighted by Crippen LogP contribution is 2.24. The van der Waals surface area contributed by atoms with Crippen molar-refractivity contribution in [2.45, 2.75) is 39.5 Å². The Labute approximate surface area is 186 Å². The summed E-state index contributed by atoms with van der Waals surface area (Å²) in [6.45, 7) is 7.95. The first kappa shape index (κ1) is 23.2. The first-order chi connectivity index (χ1) is 15.1. The summed E-state index contributed by atoms with van der Waals surface area (Å²) in [5.74, 6) is 0.455. The van der Waals surface area contributed by atoms with E-state index < -0.39 is 0 Å². The summed E-state index contributed by atoms with van der Waals surface area (Å²) < 4.78 is 0. The van der Waals surface area contributed by atoms with Crippen molar-refractivity contribution in [3.63, 3.8) is 0 Å². The lowest BCUT2D eigenvalue weighted by atomic mass is 9.87. The monoisotopic (exact) mass is 421 g/mol. The van der Waals surface area contributed by atoms with Crippen LogP contribution in [0.3, 0.4) is 0 Å². The fourth-order valence-electron chi connectivity index (χ4n) is 4.25. The van der Waals surface area contributed by atoms with Gasteiger partial charge in [0.1, 0.15) is 6.61 Å². The van der Waals surface area contributed by atoms with Gasteiger partial charge >= 0.3 is 0 Å². The SMILES string of the molecule is Cc1ccc(C(=O)C2CCN(CCC/C(=N/OCCN)c3ccccc3)CC2)c(C)c1. The van der Waals surface area contributed by atoms with Crippen LogP contribution in [0, 0.1) is 19.8 Å². The minimum absolute atomic E-state index is 0.142. The van der Waals surface area contributed by atoms with Crippen LogP contribution in [0.4, 0.5) is 0 Å². The van der Waals surface area contributed by atoms with Gasteiger partial charge in [0.2, 0.25) is 0 Å². The first-order valence-corrected chi connectivity index (χ1v) is 11.4. The molecule has 0 aromatic heterocycles. The van der Waals surface area contributed by atoms with E-state index in [2.05, 4.69) is 35.2 Å². The van der Waals surface area contributed by atoms with Crippen LogP contribution in [0.15, 0.2) is 53.7 Å². The van der Waals surface area contributed by atoms with E-state index in [0.717, 1.165) is 67.7 Å². The average Bonchev–Trinajstić information content (AvgIpc) is 2.79. The molecule has 5 nitrogen and oxygen atoms in total. The zero-order chi connectivity index (χ0) is 22.1. The highest BCUT2D eigenvalue weighted by molar-refractivity contribution is 6.00. The smallest absolute Gasteiger partial charge is 0.166 e. The molecule has 2 N–H and O–H groups in total. The number of oxime groups is 1. The van der Waals surface area contributed by atoms with Gasteiger partial charge in [-0.3, -0.25) is 4.79 Å². The molecule has 1 aliphatic rings. The van der Waals surface area contributed by atoms with Crippen LogP contribution in [-0.4, -0.2) is 49.2 Å². The molecule has 1 saturated heterocycles. The zero-order valence-corrected chi connectivity index (χ0v) is 18.8. The maximum atomic E-state index is 13.0. The van der Waals surface area contributed by atoms with Crippen molar-refractivity contribution in [2.24, 2.45) is 16.8 Å². The highest BCUT2D eigenvalue weighted by atomic mass is 16.6. The van der Waals surface area contributed by atoms with Gasteiger partial charge in [0.25, 0.3) is 0 Å². The van der Waals surface area contributed by atoms with E-state index in [1.807, 2.05) is 37.3 Å². The zero-order valence-electron chi connectivity index (χ0n) is 18.8. The number of benzene rings is 2. The Kier molecular flexibility index (Phi) is 8.80. The molecular formula is C26H35N3O2. The Morgan fingerprint density at radius 1 is 1.13 bits per heavy atom. The molecule has 0 amide bonds. The van der Waals surface area contributed by atoms with Gasteiger partial charge in [-0.25, -0.2) is 0 Å². The van der Waals surface area contributed by atoms with Crippen molar-refractivity contribution < 1.29 is 9.63 Å². The van der Waals surface area contributed by atoms with Gasteiger partial charge in [-0.05, 0) is 70.3 Å². The summed E-state index contributed by atoms with van der Waals surface area (Å²) in [6.07, 6.45) is 3.74. The predicted octanol–water partition coefficient (Wildman–Crippen LogP) is 4.36. The average molecular weight is 422 g/mol. The number of Topliss-reactive ketones (excluding diaryl/α,β-unsaturated/α-hetero) is 1. The molecule has 31 heavy (non-hydrogen) atoms. The van der Waals surface area contributed by atoms with Gasteiger partial charge in [0.15, 0.2) is 5.78 Å². The molecule has 0 unspecified atom stereocenters. The minimum Gasteiger partial charge on any atom is -0.394 e. The number of nitrogens with two attached hydrogens (primary N) is 1. The minimum atomic E-state index is 0.142. The lowest BCUT2D eigenvalue weighted by molar-refractivity contribution is 0.0839. The largest absolute Gasteiger partial charge is 0.394 e. The van der Waals surface area contributed by atoms with Crippen molar-refractivity contribution >= 4 is 11.5 Å². The van der Waals surface area contributed by atoms with Crippen LogP contribution < -0.4 is 5.73 Å². The van der Waals surface area contributed by atoms with Gasteiger partial charge < -0.3 is 15.5 Å². The number of hydrogen-bond donors (Lipinski definition) is 1. The second-order valence-corrected chi connectivity index (χ2v) is 8.43. The van der Waals surface area contributed by atoms with Crippen LogP contribution in [0.1, 0.15) is 52.7 Å². The number of rotatable bonds is 10. The molecule has 0 saturated carbocycles. The van der Waals surface area contributed by atoms with Crippen molar-refractivity contribution in [2.75, 3.05) is 32.8 Å². The Hall–Kier alpha value is -2.50. The van der Waals surface area contributed by atoms with Crippen molar-refractivity contribution in [1.82, 2.24) is 4.90 Å². The van der Waals surface area contributed by atoms with E-state index in [0.29, 0.717) is 18.9 Å². The number of likely N-dealkylation sites (tertiary alicyclic amines) is 1. The third-order valence-electron chi connectivity index (χ3n) is 5.98. The normalized spacial score (nSPS) is 15.8. The number of ketones is 1. The molecule has 3 rings (SSSR count). The molecule has 0 spiro atoms. The van der Waals surface area contributed by atoms with E-state index in [1.165, 1.54) is 5.56 Å². The summed E-state index contributed by atoms with van der Waals surface area (Å²) in [5.41, 5.74) is 10.8. The predicted molar refractivity (Wildman–Crippen MR) is 127 cm³/mol. The molecule has 1 aliphatic heterocycles. The van der Waals surface area contributed by atoms with E-state index >= 15 is 0 Å². The molecule has 1 heterocycles.